The Morgan fingerprint density at radius 3 is 2.32 bits per heavy atom. The van der Waals surface area contributed by atoms with Gasteiger partial charge in [0.25, 0.3) is 0 Å². The SMILES string of the molecule is FC(F)(F)c1nc(NCc2ccccn2)c2c(-c3ccccc3)cccc2n1. The summed E-state index contributed by atoms with van der Waals surface area (Å²) < 4.78 is 40.0. The van der Waals surface area contributed by atoms with Crippen LogP contribution in [0.4, 0.5) is 19.0 Å². The van der Waals surface area contributed by atoms with E-state index in [1.54, 1.807) is 30.5 Å². The number of aromatic nitrogens is 3. The third-order valence-electron chi connectivity index (χ3n) is 4.22. The maximum Gasteiger partial charge on any atom is 0.451 e. The molecule has 0 saturated carbocycles. The first-order valence-corrected chi connectivity index (χ1v) is 8.59. The lowest BCUT2D eigenvalue weighted by Crippen LogP contribution is -2.14. The number of anilines is 1. The molecule has 1 N–H and O–H groups in total. The number of hydrogen-bond acceptors (Lipinski definition) is 4. The van der Waals surface area contributed by atoms with Crippen molar-refractivity contribution in [3.63, 3.8) is 0 Å². The highest BCUT2D eigenvalue weighted by Gasteiger charge is 2.35. The van der Waals surface area contributed by atoms with Crippen LogP contribution in [-0.2, 0) is 12.7 Å². The Morgan fingerprint density at radius 2 is 1.61 bits per heavy atom. The maximum atomic E-state index is 13.3. The van der Waals surface area contributed by atoms with E-state index < -0.39 is 12.0 Å². The number of benzene rings is 2. The molecule has 0 amide bonds. The summed E-state index contributed by atoms with van der Waals surface area (Å²) in [6.07, 6.45) is -3.01. The molecule has 0 unspecified atom stereocenters. The van der Waals surface area contributed by atoms with Gasteiger partial charge in [-0.05, 0) is 29.3 Å². The molecule has 0 atom stereocenters. The average Bonchev–Trinajstić information content (AvgIpc) is 2.72. The van der Waals surface area contributed by atoms with Gasteiger partial charge in [-0.15, -0.1) is 0 Å². The van der Waals surface area contributed by atoms with Crippen molar-refractivity contribution in [3.05, 3.63) is 84.4 Å². The lowest BCUT2D eigenvalue weighted by molar-refractivity contribution is -0.144. The molecular weight excluding hydrogens is 365 g/mol. The maximum absolute atomic E-state index is 13.3. The first kappa shape index (κ1) is 17.9. The fourth-order valence-electron chi connectivity index (χ4n) is 2.97. The lowest BCUT2D eigenvalue weighted by Gasteiger charge is -2.15. The summed E-state index contributed by atoms with van der Waals surface area (Å²) in [7, 11) is 0. The van der Waals surface area contributed by atoms with Crippen LogP contribution in [0.15, 0.2) is 72.9 Å². The van der Waals surface area contributed by atoms with E-state index in [1.165, 1.54) is 0 Å². The highest BCUT2D eigenvalue weighted by Crippen LogP contribution is 2.35. The van der Waals surface area contributed by atoms with Crippen molar-refractivity contribution in [2.75, 3.05) is 5.32 Å². The van der Waals surface area contributed by atoms with E-state index in [1.807, 2.05) is 42.5 Å². The molecule has 0 aliphatic heterocycles. The predicted octanol–water partition coefficient (Wildman–Crippen LogP) is 5.32. The molecule has 28 heavy (non-hydrogen) atoms. The van der Waals surface area contributed by atoms with Crippen molar-refractivity contribution >= 4 is 16.7 Å². The second kappa shape index (κ2) is 7.26. The first-order chi connectivity index (χ1) is 13.5. The highest BCUT2D eigenvalue weighted by atomic mass is 19.4. The van der Waals surface area contributed by atoms with E-state index in [4.69, 9.17) is 0 Å². The Morgan fingerprint density at radius 1 is 0.821 bits per heavy atom. The van der Waals surface area contributed by atoms with Crippen LogP contribution in [0.5, 0.6) is 0 Å². The molecule has 2 aromatic carbocycles. The van der Waals surface area contributed by atoms with Crippen LogP contribution in [0.1, 0.15) is 11.5 Å². The third kappa shape index (κ3) is 3.64. The topological polar surface area (TPSA) is 50.7 Å². The normalized spacial score (nSPS) is 11.5. The van der Waals surface area contributed by atoms with Crippen LogP contribution < -0.4 is 5.32 Å². The van der Waals surface area contributed by atoms with Gasteiger partial charge in [0.2, 0.25) is 5.82 Å². The van der Waals surface area contributed by atoms with Crippen LogP contribution in [0.25, 0.3) is 22.0 Å². The van der Waals surface area contributed by atoms with E-state index in [-0.39, 0.29) is 17.9 Å². The van der Waals surface area contributed by atoms with Gasteiger partial charge < -0.3 is 5.32 Å². The summed E-state index contributed by atoms with van der Waals surface area (Å²) in [5.74, 6) is -1.05. The van der Waals surface area contributed by atoms with Gasteiger partial charge in [0.1, 0.15) is 5.82 Å². The van der Waals surface area contributed by atoms with Gasteiger partial charge in [0.15, 0.2) is 0 Å². The zero-order valence-corrected chi connectivity index (χ0v) is 14.6. The number of nitrogens with one attached hydrogen (secondary N) is 1. The van der Waals surface area contributed by atoms with E-state index in [2.05, 4.69) is 20.3 Å². The molecule has 7 heteroatoms. The van der Waals surface area contributed by atoms with Crippen LogP contribution >= 0.6 is 0 Å². The van der Waals surface area contributed by atoms with Crippen LogP contribution in [0.2, 0.25) is 0 Å². The van der Waals surface area contributed by atoms with Crippen molar-refractivity contribution < 1.29 is 13.2 Å². The third-order valence-corrected chi connectivity index (χ3v) is 4.22. The van der Waals surface area contributed by atoms with Crippen molar-refractivity contribution in [1.29, 1.82) is 0 Å². The van der Waals surface area contributed by atoms with Gasteiger partial charge in [0, 0.05) is 6.20 Å². The molecule has 0 radical (unpaired) electrons. The Labute approximate surface area is 159 Å². The average molecular weight is 380 g/mol. The van der Waals surface area contributed by atoms with Crippen LogP contribution in [0, 0.1) is 0 Å². The molecule has 2 aromatic heterocycles. The molecule has 140 valence electrons. The summed E-state index contributed by atoms with van der Waals surface area (Å²) in [6, 6.07) is 19.9. The minimum atomic E-state index is -4.64. The van der Waals surface area contributed by atoms with Crippen molar-refractivity contribution in [2.24, 2.45) is 0 Å². The predicted molar refractivity (Wildman–Crippen MR) is 102 cm³/mol. The molecule has 0 saturated heterocycles. The van der Waals surface area contributed by atoms with E-state index in [9.17, 15) is 13.2 Å². The van der Waals surface area contributed by atoms with E-state index in [0.29, 0.717) is 11.1 Å². The van der Waals surface area contributed by atoms with Crippen LogP contribution in [0.3, 0.4) is 0 Å². The zero-order chi connectivity index (χ0) is 19.6. The monoisotopic (exact) mass is 380 g/mol. The number of halogens is 3. The molecule has 4 aromatic rings. The van der Waals surface area contributed by atoms with Gasteiger partial charge in [-0.3, -0.25) is 4.98 Å². The zero-order valence-electron chi connectivity index (χ0n) is 14.6. The molecule has 4 rings (SSSR count). The van der Waals surface area contributed by atoms with Crippen molar-refractivity contribution in [3.8, 4) is 11.1 Å². The van der Waals surface area contributed by atoms with E-state index in [0.717, 1.165) is 11.1 Å². The highest BCUT2D eigenvalue weighted by molar-refractivity contribution is 6.01. The van der Waals surface area contributed by atoms with E-state index >= 15 is 0 Å². The second-order valence-electron chi connectivity index (χ2n) is 6.13. The minimum Gasteiger partial charge on any atom is -0.364 e. The summed E-state index contributed by atoms with van der Waals surface area (Å²) in [5.41, 5.74) is 2.56. The largest absolute Gasteiger partial charge is 0.451 e. The van der Waals surface area contributed by atoms with Crippen LogP contribution in [-0.4, -0.2) is 15.0 Å². The molecule has 4 nitrogen and oxygen atoms in total. The van der Waals surface area contributed by atoms with Gasteiger partial charge in [0.05, 0.1) is 23.1 Å². The minimum absolute atomic E-state index is 0.127. The molecule has 0 fully saturated rings. The fraction of sp³-hybridized carbons (Fsp3) is 0.0952. The molecule has 2 heterocycles. The van der Waals surface area contributed by atoms with Crippen molar-refractivity contribution in [1.82, 2.24) is 15.0 Å². The summed E-state index contributed by atoms with van der Waals surface area (Å²) >= 11 is 0. The Hall–Kier alpha value is -3.48. The lowest BCUT2D eigenvalue weighted by atomic mass is 10.0. The smallest absolute Gasteiger partial charge is 0.364 e. The molecule has 0 aliphatic rings. The molecule has 0 aliphatic carbocycles. The van der Waals surface area contributed by atoms with Crippen molar-refractivity contribution in [2.45, 2.75) is 12.7 Å². The van der Waals surface area contributed by atoms with Gasteiger partial charge in [-0.2, -0.15) is 13.2 Å². The molecule has 0 bridgehead atoms. The quantitative estimate of drug-likeness (QED) is 0.520. The number of fused-ring (bicyclic) bond motifs is 1. The Bertz CT molecular complexity index is 1100. The number of nitrogens with zero attached hydrogens (tertiary/aromatic N) is 3. The number of alkyl halides is 3. The first-order valence-electron chi connectivity index (χ1n) is 8.59. The molecule has 0 spiro atoms. The number of hydrogen-bond donors (Lipinski definition) is 1. The number of pyridine rings is 1. The summed E-state index contributed by atoms with van der Waals surface area (Å²) in [6.45, 7) is 0.243. The Balaban J connectivity index is 1.88. The standard InChI is InChI=1S/C21H15F3N4/c22-21(23,24)20-27-17-11-6-10-16(14-7-2-1-3-8-14)18(17)19(28-20)26-13-15-9-4-5-12-25-15/h1-12H,13H2,(H,26,27,28). The second-order valence-corrected chi connectivity index (χ2v) is 6.13. The van der Waals surface area contributed by atoms with Gasteiger partial charge in [-0.1, -0.05) is 48.5 Å². The number of rotatable bonds is 4. The summed E-state index contributed by atoms with van der Waals surface area (Å²) in [5, 5.41) is 3.55. The fourth-order valence-corrected chi connectivity index (χ4v) is 2.97. The van der Waals surface area contributed by atoms with Gasteiger partial charge in [-0.25, -0.2) is 9.97 Å². The summed E-state index contributed by atoms with van der Waals surface area (Å²) in [4.78, 5) is 11.8. The Kier molecular flexibility index (Phi) is 4.65. The molecular formula is C21H15F3N4. The van der Waals surface area contributed by atoms with Gasteiger partial charge >= 0.3 is 6.18 Å².